The van der Waals surface area contributed by atoms with E-state index in [1.165, 1.54) is 0 Å². The predicted octanol–water partition coefficient (Wildman–Crippen LogP) is -3.07. The second-order valence-electron chi connectivity index (χ2n) is 3.98. The third-order valence-electron chi connectivity index (χ3n) is 2.61. The van der Waals surface area contributed by atoms with Crippen LogP contribution in [0.2, 0.25) is 0 Å². The van der Waals surface area contributed by atoms with E-state index in [2.05, 4.69) is 0 Å². The van der Waals surface area contributed by atoms with Gasteiger partial charge in [-0.2, -0.15) is 0 Å². The summed E-state index contributed by atoms with van der Waals surface area (Å²) in [5.41, 5.74) is 4.34. The summed E-state index contributed by atoms with van der Waals surface area (Å²) in [5.74, 6) is -1.22. The molecule has 1 saturated heterocycles. The Bertz CT molecular complexity index is 290. The molecule has 0 amide bonds. The third kappa shape index (κ3) is 3.54. The first-order chi connectivity index (χ1) is 8.38. The zero-order valence-corrected chi connectivity index (χ0v) is 10.2. The Labute approximate surface area is 107 Å². The van der Waals surface area contributed by atoms with Crippen molar-refractivity contribution in [3.8, 4) is 0 Å². The topological polar surface area (TPSA) is 153 Å². The molecule has 8 nitrogen and oxygen atoms in total. The number of carboxylic acid groups (broad SMARTS) is 1. The van der Waals surface area contributed by atoms with Gasteiger partial charge in [-0.3, -0.25) is 4.79 Å². The molecule has 0 aromatic heterocycles. The number of thioether (sulfide) groups is 1. The van der Waals surface area contributed by atoms with Crippen LogP contribution in [0, 0.1) is 0 Å². The Hall–Kier alpha value is -0.420. The van der Waals surface area contributed by atoms with Crippen molar-refractivity contribution in [1.82, 2.24) is 0 Å². The van der Waals surface area contributed by atoms with Gasteiger partial charge in [0, 0.05) is 5.75 Å². The van der Waals surface area contributed by atoms with E-state index in [9.17, 15) is 20.1 Å². The Balaban J connectivity index is 2.56. The van der Waals surface area contributed by atoms with Gasteiger partial charge in [0.25, 0.3) is 0 Å². The lowest BCUT2D eigenvalue weighted by molar-refractivity contribution is -0.205. The van der Waals surface area contributed by atoms with Gasteiger partial charge in [0.05, 0.1) is 6.61 Å². The average Bonchev–Trinajstić information content (AvgIpc) is 2.34. The summed E-state index contributed by atoms with van der Waals surface area (Å²) < 4.78 is 5.17. The Morgan fingerprint density at radius 1 is 1.28 bits per heavy atom. The van der Waals surface area contributed by atoms with Crippen LogP contribution in [0.1, 0.15) is 0 Å². The first-order valence-electron chi connectivity index (χ1n) is 5.29. The van der Waals surface area contributed by atoms with Crippen molar-refractivity contribution < 1.29 is 35.1 Å². The van der Waals surface area contributed by atoms with Crippen LogP contribution in [-0.4, -0.2) is 79.8 Å². The van der Waals surface area contributed by atoms with Gasteiger partial charge in [-0.15, -0.1) is 11.8 Å². The van der Waals surface area contributed by atoms with Crippen molar-refractivity contribution >= 4 is 17.7 Å². The van der Waals surface area contributed by atoms with Crippen LogP contribution in [0.15, 0.2) is 0 Å². The van der Waals surface area contributed by atoms with Gasteiger partial charge in [-0.25, -0.2) is 0 Å². The normalized spacial score (nSPS) is 38.4. The molecule has 0 saturated carbocycles. The lowest BCUT2D eigenvalue weighted by Gasteiger charge is -2.39. The number of carbonyl (C=O) groups is 1. The number of aliphatic carboxylic acids is 1. The number of hydrogen-bond acceptors (Lipinski definition) is 8. The molecule has 18 heavy (non-hydrogen) atoms. The lowest BCUT2D eigenvalue weighted by Crippen LogP contribution is -2.57. The highest BCUT2D eigenvalue weighted by Gasteiger charge is 2.43. The maximum absolute atomic E-state index is 10.5. The molecule has 6 atom stereocenters. The number of ether oxygens (including phenoxy) is 1. The highest BCUT2D eigenvalue weighted by Crippen LogP contribution is 2.28. The molecule has 0 aromatic rings. The minimum Gasteiger partial charge on any atom is -0.480 e. The summed E-state index contributed by atoms with van der Waals surface area (Å²) >= 11 is 0.907. The van der Waals surface area contributed by atoms with Crippen molar-refractivity contribution in [2.75, 3.05) is 12.4 Å². The summed E-state index contributed by atoms with van der Waals surface area (Å²) in [5, 5.41) is 46.2. The Morgan fingerprint density at radius 3 is 2.39 bits per heavy atom. The summed E-state index contributed by atoms with van der Waals surface area (Å²) in [6, 6.07) is -1.12. The maximum atomic E-state index is 10.5. The van der Waals surface area contributed by atoms with Crippen LogP contribution in [0.3, 0.4) is 0 Å². The smallest absolute Gasteiger partial charge is 0.321 e. The molecule has 1 rings (SSSR count). The molecule has 1 aliphatic heterocycles. The van der Waals surface area contributed by atoms with Crippen LogP contribution in [0.4, 0.5) is 0 Å². The highest BCUT2D eigenvalue weighted by molar-refractivity contribution is 7.99. The molecule has 0 aliphatic carbocycles. The van der Waals surface area contributed by atoms with E-state index < -0.39 is 48.5 Å². The number of nitrogens with two attached hydrogens (primary N) is 1. The highest BCUT2D eigenvalue weighted by atomic mass is 32.2. The molecule has 0 unspecified atom stereocenters. The molecule has 0 spiro atoms. The van der Waals surface area contributed by atoms with E-state index in [-0.39, 0.29) is 5.75 Å². The van der Waals surface area contributed by atoms with E-state index in [4.69, 9.17) is 20.7 Å². The minimum absolute atomic E-state index is 0.0297. The Morgan fingerprint density at radius 2 is 1.89 bits per heavy atom. The van der Waals surface area contributed by atoms with Gasteiger partial charge in [-0.05, 0) is 0 Å². The van der Waals surface area contributed by atoms with Gasteiger partial charge < -0.3 is 36.0 Å². The van der Waals surface area contributed by atoms with E-state index >= 15 is 0 Å². The zero-order chi connectivity index (χ0) is 13.9. The molecule has 7 N–H and O–H groups in total. The van der Waals surface area contributed by atoms with Gasteiger partial charge in [0.2, 0.25) is 0 Å². The molecule has 1 aliphatic rings. The largest absolute Gasteiger partial charge is 0.480 e. The van der Waals surface area contributed by atoms with Crippen LogP contribution in [0.5, 0.6) is 0 Å². The predicted molar refractivity (Wildman–Crippen MR) is 61.8 cm³/mol. The number of carboxylic acids is 1. The lowest BCUT2D eigenvalue weighted by atomic mass is 10.0. The van der Waals surface area contributed by atoms with Crippen molar-refractivity contribution in [1.29, 1.82) is 0 Å². The van der Waals surface area contributed by atoms with Crippen LogP contribution in [0.25, 0.3) is 0 Å². The fourth-order valence-corrected chi connectivity index (χ4v) is 2.59. The monoisotopic (exact) mass is 283 g/mol. The van der Waals surface area contributed by atoms with Crippen LogP contribution < -0.4 is 5.73 Å². The number of aliphatic hydroxyl groups is 4. The van der Waals surface area contributed by atoms with Crippen molar-refractivity contribution in [3.05, 3.63) is 0 Å². The molecule has 0 aromatic carbocycles. The molecule has 0 bridgehead atoms. The first-order valence-corrected chi connectivity index (χ1v) is 6.33. The van der Waals surface area contributed by atoms with Crippen LogP contribution in [-0.2, 0) is 9.53 Å². The van der Waals surface area contributed by atoms with E-state index in [1.807, 2.05) is 0 Å². The number of hydrogen-bond donors (Lipinski definition) is 6. The molecular weight excluding hydrogens is 266 g/mol. The van der Waals surface area contributed by atoms with Gasteiger partial charge in [0.15, 0.2) is 0 Å². The summed E-state index contributed by atoms with van der Waals surface area (Å²) in [6.45, 7) is -0.521. The molecule has 106 valence electrons. The maximum Gasteiger partial charge on any atom is 0.321 e. The quantitative estimate of drug-likeness (QED) is 0.308. The first kappa shape index (κ1) is 15.6. The molecular formula is C9H17NO7S. The fourth-order valence-electron chi connectivity index (χ4n) is 1.47. The second-order valence-corrected chi connectivity index (χ2v) is 5.11. The number of aliphatic hydroxyl groups excluding tert-OH is 4. The SMILES string of the molecule is N[C@@H](CS[C@H]1O[C@H](CO)[C@@H](O)[C@H](O)[C@H]1O)C(=O)O. The van der Waals surface area contributed by atoms with Gasteiger partial charge >= 0.3 is 5.97 Å². The fraction of sp³-hybridized carbons (Fsp3) is 0.889. The number of rotatable bonds is 5. The molecule has 0 radical (unpaired) electrons. The minimum atomic E-state index is -1.46. The summed E-state index contributed by atoms with van der Waals surface area (Å²) in [7, 11) is 0. The molecule has 9 heteroatoms. The zero-order valence-electron chi connectivity index (χ0n) is 9.42. The van der Waals surface area contributed by atoms with Crippen molar-refractivity contribution in [2.45, 2.75) is 35.9 Å². The van der Waals surface area contributed by atoms with Crippen molar-refractivity contribution in [3.63, 3.8) is 0 Å². The molecule has 1 fully saturated rings. The van der Waals surface area contributed by atoms with E-state index in [1.54, 1.807) is 0 Å². The summed E-state index contributed by atoms with van der Waals surface area (Å²) in [4.78, 5) is 10.5. The second kappa shape index (κ2) is 6.66. The van der Waals surface area contributed by atoms with Crippen molar-refractivity contribution in [2.24, 2.45) is 5.73 Å². The molecule has 1 heterocycles. The third-order valence-corrected chi connectivity index (χ3v) is 3.88. The van der Waals surface area contributed by atoms with E-state index in [0.717, 1.165) is 11.8 Å². The summed E-state index contributed by atoms with van der Waals surface area (Å²) in [6.07, 6.45) is -5.26. The van der Waals surface area contributed by atoms with Crippen LogP contribution >= 0.6 is 11.8 Å². The van der Waals surface area contributed by atoms with Gasteiger partial charge in [0.1, 0.15) is 35.9 Å². The Kier molecular flexibility index (Phi) is 5.79. The van der Waals surface area contributed by atoms with Gasteiger partial charge in [-0.1, -0.05) is 0 Å². The average molecular weight is 283 g/mol. The standard InChI is InChI=1S/C9H17NO7S/c10-3(8(15)16)2-18-9-7(14)6(13)5(12)4(1-11)17-9/h3-7,9,11-14H,1-2,10H2,(H,15,16)/t3-,4+,5+,6-,7+,9+/m0/s1. The van der Waals surface area contributed by atoms with E-state index in [0.29, 0.717) is 0 Å².